The number of hydrazine groups is 1. The van der Waals surface area contributed by atoms with Crippen LogP contribution in [-0.2, 0) is 14.4 Å². The van der Waals surface area contributed by atoms with E-state index in [4.69, 9.17) is 4.74 Å². The summed E-state index contributed by atoms with van der Waals surface area (Å²) >= 11 is 0. The van der Waals surface area contributed by atoms with E-state index in [1.54, 1.807) is 6.92 Å². The third kappa shape index (κ3) is 6.62. The second-order valence-corrected chi connectivity index (χ2v) is 7.38. The Morgan fingerprint density at radius 2 is 1.50 bits per heavy atom. The van der Waals surface area contributed by atoms with Crippen molar-refractivity contribution >= 4 is 23.4 Å². The molecule has 0 aliphatic carbocycles. The van der Waals surface area contributed by atoms with E-state index in [1.165, 1.54) is 0 Å². The molecular formula is C23H29N3O4. The van der Waals surface area contributed by atoms with Gasteiger partial charge in [-0.3, -0.25) is 25.2 Å². The molecule has 1 atom stereocenters. The SMILES string of the molecule is Cc1ccc(C)c(NC(=O)CCC(=O)NNC(=O)C(C)Oc2c(C)cccc2C)c1. The molecule has 7 nitrogen and oxygen atoms in total. The number of ether oxygens (including phenoxy) is 1. The van der Waals surface area contributed by atoms with Gasteiger partial charge in [-0.2, -0.15) is 0 Å². The molecule has 0 bridgehead atoms. The highest BCUT2D eigenvalue weighted by molar-refractivity contribution is 5.94. The van der Waals surface area contributed by atoms with Crippen LogP contribution >= 0.6 is 0 Å². The van der Waals surface area contributed by atoms with Gasteiger partial charge in [-0.15, -0.1) is 0 Å². The summed E-state index contributed by atoms with van der Waals surface area (Å²) in [5.74, 6) is -0.559. The lowest BCUT2D eigenvalue weighted by molar-refractivity contribution is -0.133. The van der Waals surface area contributed by atoms with Crippen molar-refractivity contribution in [2.24, 2.45) is 0 Å². The second-order valence-electron chi connectivity index (χ2n) is 7.38. The molecule has 30 heavy (non-hydrogen) atoms. The van der Waals surface area contributed by atoms with Crippen LogP contribution in [-0.4, -0.2) is 23.8 Å². The van der Waals surface area contributed by atoms with Gasteiger partial charge in [0.2, 0.25) is 11.8 Å². The summed E-state index contributed by atoms with van der Waals surface area (Å²) in [5.41, 5.74) is 9.22. The maximum Gasteiger partial charge on any atom is 0.279 e. The molecule has 2 rings (SSSR count). The Morgan fingerprint density at radius 1 is 0.867 bits per heavy atom. The van der Waals surface area contributed by atoms with Crippen molar-refractivity contribution in [3.05, 3.63) is 58.7 Å². The molecular weight excluding hydrogens is 382 g/mol. The molecule has 0 heterocycles. The first kappa shape index (κ1) is 22.9. The third-order valence-corrected chi connectivity index (χ3v) is 4.64. The number of hydrogen-bond donors (Lipinski definition) is 3. The summed E-state index contributed by atoms with van der Waals surface area (Å²) in [6, 6.07) is 11.5. The van der Waals surface area contributed by atoms with Crippen molar-refractivity contribution in [3.8, 4) is 5.75 Å². The number of hydrogen-bond acceptors (Lipinski definition) is 4. The van der Waals surface area contributed by atoms with Crippen molar-refractivity contribution in [2.45, 2.75) is 53.6 Å². The van der Waals surface area contributed by atoms with Gasteiger partial charge < -0.3 is 10.1 Å². The maximum absolute atomic E-state index is 12.2. The molecule has 0 radical (unpaired) electrons. The summed E-state index contributed by atoms with van der Waals surface area (Å²) in [5, 5.41) is 2.80. The molecule has 0 aromatic heterocycles. The lowest BCUT2D eigenvalue weighted by atomic mass is 10.1. The number of benzene rings is 2. The van der Waals surface area contributed by atoms with E-state index in [0.717, 1.165) is 27.9 Å². The fourth-order valence-electron chi connectivity index (χ4n) is 2.82. The summed E-state index contributed by atoms with van der Waals surface area (Å²) in [6.45, 7) is 9.25. The lowest BCUT2D eigenvalue weighted by Gasteiger charge is -2.18. The van der Waals surface area contributed by atoms with Gasteiger partial charge in [0.15, 0.2) is 6.10 Å². The molecule has 160 valence electrons. The van der Waals surface area contributed by atoms with Crippen LogP contribution in [0, 0.1) is 27.7 Å². The largest absolute Gasteiger partial charge is 0.480 e. The van der Waals surface area contributed by atoms with Crippen molar-refractivity contribution in [3.63, 3.8) is 0 Å². The fourth-order valence-corrected chi connectivity index (χ4v) is 2.82. The summed E-state index contributed by atoms with van der Waals surface area (Å²) in [6.07, 6.45) is -0.843. The van der Waals surface area contributed by atoms with Crippen LogP contribution in [0.1, 0.15) is 42.0 Å². The highest BCUT2D eigenvalue weighted by Gasteiger charge is 2.17. The van der Waals surface area contributed by atoms with Crippen molar-refractivity contribution in [1.29, 1.82) is 0 Å². The molecule has 3 amide bonds. The average Bonchev–Trinajstić information content (AvgIpc) is 2.70. The quantitative estimate of drug-likeness (QED) is 0.610. The molecule has 7 heteroatoms. The van der Waals surface area contributed by atoms with E-state index in [9.17, 15) is 14.4 Å². The number of nitrogens with one attached hydrogen (secondary N) is 3. The van der Waals surface area contributed by atoms with Gasteiger partial charge in [-0.25, -0.2) is 0 Å². The summed E-state index contributed by atoms with van der Waals surface area (Å²) < 4.78 is 5.73. The van der Waals surface area contributed by atoms with Crippen molar-refractivity contribution in [2.75, 3.05) is 5.32 Å². The number of aryl methyl sites for hydroxylation is 4. The van der Waals surface area contributed by atoms with E-state index in [2.05, 4.69) is 16.2 Å². The minimum Gasteiger partial charge on any atom is -0.480 e. The summed E-state index contributed by atoms with van der Waals surface area (Å²) in [7, 11) is 0. The van der Waals surface area contributed by atoms with Gasteiger partial charge in [-0.1, -0.05) is 30.3 Å². The van der Waals surface area contributed by atoms with E-state index in [0.29, 0.717) is 5.75 Å². The molecule has 0 saturated heterocycles. The number of rotatable bonds is 7. The van der Waals surface area contributed by atoms with Crippen molar-refractivity contribution in [1.82, 2.24) is 10.9 Å². The van der Waals surface area contributed by atoms with E-state index >= 15 is 0 Å². The van der Waals surface area contributed by atoms with Gasteiger partial charge in [0.1, 0.15) is 5.75 Å². The van der Waals surface area contributed by atoms with Crippen molar-refractivity contribution < 1.29 is 19.1 Å². The monoisotopic (exact) mass is 411 g/mol. The van der Waals surface area contributed by atoms with E-state index < -0.39 is 17.9 Å². The topological polar surface area (TPSA) is 96.5 Å². The highest BCUT2D eigenvalue weighted by Crippen LogP contribution is 2.23. The number of anilines is 1. The zero-order chi connectivity index (χ0) is 22.3. The van der Waals surface area contributed by atoms with Crippen LogP contribution in [0.5, 0.6) is 5.75 Å². The van der Waals surface area contributed by atoms with Crippen LogP contribution < -0.4 is 20.9 Å². The van der Waals surface area contributed by atoms with Crippen LogP contribution in [0.2, 0.25) is 0 Å². The van der Waals surface area contributed by atoms with Gasteiger partial charge in [-0.05, 0) is 62.9 Å². The summed E-state index contributed by atoms with van der Waals surface area (Å²) in [4.78, 5) is 36.3. The Labute approximate surface area is 177 Å². The number of carbonyl (C=O) groups excluding carboxylic acids is 3. The smallest absolute Gasteiger partial charge is 0.279 e. The Balaban J connectivity index is 1.76. The molecule has 0 spiro atoms. The second kappa shape index (κ2) is 10.4. The molecule has 0 fully saturated rings. The Morgan fingerprint density at radius 3 is 2.17 bits per heavy atom. The normalized spacial score (nSPS) is 11.4. The molecule has 0 aliphatic heterocycles. The first-order valence-electron chi connectivity index (χ1n) is 9.86. The van der Waals surface area contributed by atoms with Gasteiger partial charge in [0.25, 0.3) is 5.91 Å². The predicted molar refractivity (Wildman–Crippen MR) is 116 cm³/mol. The molecule has 1 unspecified atom stereocenters. The average molecular weight is 412 g/mol. The fraction of sp³-hybridized carbons (Fsp3) is 0.348. The van der Waals surface area contributed by atoms with Gasteiger partial charge >= 0.3 is 0 Å². The van der Waals surface area contributed by atoms with Gasteiger partial charge in [0, 0.05) is 18.5 Å². The zero-order valence-electron chi connectivity index (χ0n) is 18.1. The first-order chi connectivity index (χ1) is 14.2. The zero-order valence-corrected chi connectivity index (χ0v) is 18.1. The first-order valence-corrected chi connectivity index (χ1v) is 9.86. The maximum atomic E-state index is 12.2. The lowest BCUT2D eigenvalue weighted by Crippen LogP contribution is -2.47. The van der Waals surface area contributed by atoms with Crippen LogP contribution in [0.4, 0.5) is 5.69 Å². The Kier molecular flexibility index (Phi) is 7.98. The standard InChI is InChI=1S/C23H29N3O4/c1-14-9-10-15(2)19(13-14)24-20(27)11-12-21(28)25-26-23(29)18(5)30-22-16(3)7-6-8-17(22)4/h6-10,13,18H,11-12H2,1-5H3,(H,24,27)(H,25,28)(H,26,29). The van der Waals surface area contributed by atoms with E-state index in [1.807, 2.05) is 64.1 Å². The molecule has 3 N–H and O–H groups in total. The Bertz CT molecular complexity index is 920. The molecule has 2 aromatic rings. The number of amides is 3. The number of carbonyl (C=O) groups is 3. The van der Waals surface area contributed by atoms with Crippen LogP contribution in [0.25, 0.3) is 0 Å². The number of para-hydroxylation sites is 1. The molecule has 0 aliphatic rings. The van der Waals surface area contributed by atoms with Gasteiger partial charge in [0.05, 0.1) is 0 Å². The van der Waals surface area contributed by atoms with Crippen LogP contribution in [0.3, 0.4) is 0 Å². The minimum atomic E-state index is -0.794. The highest BCUT2D eigenvalue weighted by atomic mass is 16.5. The molecule has 0 saturated carbocycles. The van der Waals surface area contributed by atoms with E-state index in [-0.39, 0.29) is 18.7 Å². The Hall–Kier alpha value is -3.35. The molecule has 2 aromatic carbocycles. The predicted octanol–water partition coefficient (Wildman–Crippen LogP) is 3.25. The minimum absolute atomic E-state index is 0.00352. The van der Waals surface area contributed by atoms with Crippen LogP contribution in [0.15, 0.2) is 36.4 Å². The third-order valence-electron chi connectivity index (χ3n) is 4.64.